The summed E-state index contributed by atoms with van der Waals surface area (Å²) in [6.45, 7) is 8.99. The number of carboxylic acid groups (broad SMARTS) is 1. The minimum Gasteiger partial charge on any atom is -0.480 e. The second-order valence-electron chi connectivity index (χ2n) is 6.70. The summed E-state index contributed by atoms with van der Waals surface area (Å²) in [5, 5.41) is 18.2. The quantitative estimate of drug-likeness (QED) is 0.814. The van der Waals surface area contributed by atoms with Gasteiger partial charge in [-0.1, -0.05) is 0 Å². The third-order valence-electron chi connectivity index (χ3n) is 2.18. The monoisotopic (exact) mass is 319 g/mol. The van der Waals surface area contributed by atoms with E-state index in [1.54, 1.807) is 41.5 Å². The number of carboxylic acids is 1. The van der Waals surface area contributed by atoms with Crippen LogP contribution in [0.3, 0.4) is 0 Å². The molecule has 0 heterocycles. The van der Waals surface area contributed by atoms with Gasteiger partial charge in [0, 0.05) is 13.0 Å². The lowest BCUT2D eigenvalue weighted by Crippen LogP contribution is -2.52. The van der Waals surface area contributed by atoms with Crippen molar-refractivity contribution in [3.63, 3.8) is 0 Å². The number of amides is 2. The number of hydrogen-bond acceptors (Lipinski definition) is 6. The molecular formula is C14H25NO7. The van der Waals surface area contributed by atoms with Crippen molar-refractivity contribution < 1.29 is 34.1 Å². The van der Waals surface area contributed by atoms with E-state index in [1.807, 2.05) is 0 Å². The highest BCUT2D eigenvalue weighted by atomic mass is 16.6. The molecule has 0 saturated heterocycles. The highest BCUT2D eigenvalue weighted by Gasteiger charge is 2.39. The lowest BCUT2D eigenvalue weighted by Gasteiger charge is -2.31. The van der Waals surface area contributed by atoms with Gasteiger partial charge in [-0.3, -0.25) is 0 Å². The first kappa shape index (κ1) is 20.2. The third kappa shape index (κ3) is 7.26. The van der Waals surface area contributed by atoms with Gasteiger partial charge in [-0.2, -0.15) is 4.90 Å². The molecule has 8 heteroatoms. The first-order valence-electron chi connectivity index (χ1n) is 6.87. The summed E-state index contributed by atoms with van der Waals surface area (Å²) < 4.78 is 10.1. The number of carbonyl (C=O) groups excluding carboxylic acids is 2. The number of carbonyl (C=O) groups is 3. The number of aliphatic carboxylic acids is 1. The van der Waals surface area contributed by atoms with Gasteiger partial charge in [0.25, 0.3) is 0 Å². The molecule has 0 bridgehead atoms. The van der Waals surface area contributed by atoms with Crippen molar-refractivity contribution in [1.29, 1.82) is 0 Å². The zero-order valence-electron chi connectivity index (χ0n) is 13.9. The standard InChI is InChI=1S/C14H25NO7/c1-13(2,3)21-11(19)15(9(7-8-16)10(17)18)12(20)22-14(4,5)6/h9,16H,7-8H2,1-6H3,(H,17,18)/t9-/m0/s1. The van der Waals surface area contributed by atoms with Crippen LogP contribution in [0.4, 0.5) is 9.59 Å². The van der Waals surface area contributed by atoms with Crippen molar-refractivity contribution in [2.75, 3.05) is 6.61 Å². The Morgan fingerprint density at radius 3 is 1.55 bits per heavy atom. The molecule has 22 heavy (non-hydrogen) atoms. The van der Waals surface area contributed by atoms with E-state index in [9.17, 15) is 19.5 Å². The molecule has 128 valence electrons. The smallest absolute Gasteiger partial charge is 0.420 e. The van der Waals surface area contributed by atoms with Crippen LogP contribution in [0.1, 0.15) is 48.0 Å². The Morgan fingerprint density at radius 1 is 0.955 bits per heavy atom. The predicted octanol–water partition coefficient (Wildman–Crippen LogP) is 1.99. The minimum atomic E-state index is -1.57. The van der Waals surface area contributed by atoms with Crippen molar-refractivity contribution in [3.05, 3.63) is 0 Å². The fraction of sp³-hybridized carbons (Fsp3) is 0.786. The average Bonchev–Trinajstić information content (AvgIpc) is 2.22. The Balaban J connectivity index is 5.50. The van der Waals surface area contributed by atoms with Crippen molar-refractivity contribution in [2.24, 2.45) is 0 Å². The number of aliphatic hydroxyl groups excluding tert-OH is 1. The lowest BCUT2D eigenvalue weighted by molar-refractivity contribution is -0.143. The Kier molecular flexibility index (Phi) is 6.82. The molecule has 2 N–H and O–H groups in total. The van der Waals surface area contributed by atoms with Crippen molar-refractivity contribution >= 4 is 18.2 Å². The van der Waals surface area contributed by atoms with Gasteiger partial charge in [0.15, 0.2) is 0 Å². The maximum Gasteiger partial charge on any atom is 0.420 e. The fourth-order valence-electron chi connectivity index (χ4n) is 1.44. The molecule has 0 aromatic heterocycles. The molecule has 2 amide bonds. The zero-order valence-corrected chi connectivity index (χ0v) is 13.9. The molecule has 0 fully saturated rings. The molecule has 0 saturated carbocycles. The molecular weight excluding hydrogens is 294 g/mol. The normalized spacial score (nSPS) is 13.2. The minimum absolute atomic E-state index is 0.326. The second kappa shape index (κ2) is 7.44. The van der Waals surface area contributed by atoms with Gasteiger partial charge in [-0.25, -0.2) is 14.4 Å². The number of aliphatic hydroxyl groups is 1. The van der Waals surface area contributed by atoms with E-state index in [1.165, 1.54) is 0 Å². The number of rotatable bonds is 4. The zero-order chi connectivity index (χ0) is 17.7. The molecule has 8 nitrogen and oxygen atoms in total. The van der Waals surface area contributed by atoms with Gasteiger partial charge in [0.1, 0.15) is 17.2 Å². The summed E-state index contributed by atoms with van der Waals surface area (Å²) >= 11 is 0. The van der Waals surface area contributed by atoms with Crippen molar-refractivity contribution in [1.82, 2.24) is 4.90 Å². The van der Waals surface area contributed by atoms with Crippen LogP contribution in [0.15, 0.2) is 0 Å². The summed E-state index contributed by atoms with van der Waals surface area (Å²) in [7, 11) is 0. The molecule has 0 rings (SSSR count). The molecule has 0 aromatic carbocycles. The van der Waals surface area contributed by atoms with Gasteiger partial charge < -0.3 is 19.7 Å². The van der Waals surface area contributed by atoms with Gasteiger partial charge in [-0.05, 0) is 41.5 Å². The lowest BCUT2D eigenvalue weighted by atomic mass is 10.2. The van der Waals surface area contributed by atoms with Crippen LogP contribution in [0, 0.1) is 0 Å². The van der Waals surface area contributed by atoms with Crippen LogP contribution < -0.4 is 0 Å². The van der Waals surface area contributed by atoms with Gasteiger partial charge in [0.05, 0.1) is 0 Å². The van der Waals surface area contributed by atoms with Crippen LogP contribution in [-0.4, -0.2) is 57.1 Å². The maximum absolute atomic E-state index is 12.2. The van der Waals surface area contributed by atoms with E-state index in [0.29, 0.717) is 4.90 Å². The van der Waals surface area contributed by atoms with Crippen molar-refractivity contribution in [2.45, 2.75) is 65.2 Å². The highest BCUT2D eigenvalue weighted by Crippen LogP contribution is 2.18. The summed E-state index contributed by atoms with van der Waals surface area (Å²) in [6, 6.07) is -1.57. The molecule has 0 aliphatic carbocycles. The number of nitrogens with zero attached hydrogens (tertiary/aromatic N) is 1. The largest absolute Gasteiger partial charge is 0.480 e. The van der Waals surface area contributed by atoms with E-state index in [4.69, 9.17) is 14.6 Å². The number of imide groups is 1. The molecule has 0 unspecified atom stereocenters. The third-order valence-corrected chi connectivity index (χ3v) is 2.18. The molecule has 1 atom stereocenters. The van der Waals surface area contributed by atoms with Gasteiger partial charge in [0.2, 0.25) is 0 Å². The molecule has 0 aromatic rings. The van der Waals surface area contributed by atoms with Crippen LogP contribution in [0.25, 0.3) is 0 Å². The first-order chi connectivity index (χ1) is 9.78. The van der Waals surface area contributed by atoms with Crippen LogP contribution in [0.2, 0.25) is 0 Å². The van der Waals surface area contributed by atoms with E-state index >= 15 is 0 Å². The van der Waals surface area contributed by atoms with E-state index in [-0.39, 0.29) is 6.42 Å². The van der Waals surface area contributed by atoms with E-state index < -0.39 is 42.0 Å². The SMILES string of the molecule is CC(C)(C)OC(=O)N(C(=O)OC(C)(C)C)[C@@H](CCO)C(=O)O. The molecule has 0 aliphatic rings. The summed E-state index contributed by atoms with van der Waals surface area (Å²) in [5.74, 6) is -1.44. The topological polar surface area (TPSA) is 113 Å². The van der Waals surface area contributed by atoms with Crippen LogP contribution in [-0.2, 0) is 14.3 Å². The summed E-state index contributed by atoms with van der Waals surface area (Å²) in [4.78, 5) is 36.0. The van der Waals surface area contributed by atoms with Gasteiger partial charge >= 0.3 is 18.2 Å². The first-order valence-corrected chi connectivity index (χ1v) is 6.87. The number of hydrogen-bond donors (Lipinski definition) is 2. The molecule has 0 aliphatic heterocycles. The summed E-state index contributed by atoms with van der Waals surface area (Å²) in [6.07, 6.45) is -2.60. The highest BCUT2D eigenvalue weighted by molar-refractivity contribution is 5.93. The van der Waals surface area contributed by atoms with Gasteiger partial charge in [-0.15, -0.1) is 0 Å². The Bertz CT molecular complexity index is 392. The second-order valence-corrected chi connectivity index (χ2v) is 6.70. The Labute approximate surface area is 130 Å². The van der Waals surface area contributed by atoms with E-state index in [0.717, 1.165) is 0 Å². The fourth-order valence-corrected chi connectivity index (χ4v) is 1.44. The molecule has 0 radical (unpaired) electrons. The van der Waals surface area contributed by atoms with Crippen molar-refractivity contribution in [3.8, 4) is 0 Å². The van der Waals surface area contributed by atoms with Crippen LogP contribution in [0.5, 0.6) is 0 Å². The predicted molar refractivity (Wildman–Crippen MR) is 77.4 cm³/mol. The average molecular weight is 319 g/mol. The Hall–Kier alpha value is -1.83. The Morgan fingerprint density at radius 2 is 1.32 bits per heavy atom. The molecule has 0 spiro atoms. The van der Waals surface area contributed by atoms with E-state index in [2.05, 4.69) is 0 Å². The maximum atomic E-state index is 12.2. The summed E-state index contributed by atoms with van der Waals surface area (Å²) in [5.41, 5.74) is -1.83. The number of ether oxygens (including phenoxy) is 2. The van der Waals surface area contributed by atoms with Crippen LogP contribution >= 0.6 is 0 Å².